The Morgan fingerprint density at radius 3 is 2.53 bits per heavy atom. The number of nitrogens with zero attached hydrogens (tertiary/aromatic N) is 2. The predicted octanol–water partition coefficient (Wildman–Crippen LogP) is 6.24. The summed E-state index contributed by atoms with van der Waals surface area (Å²) >= 11 is 5.79. The molecule has 9 heteroatoms. The maximum atomic E-state index is 13.1. The molecule has 1 aliphatic rings. The molecule has 0 radical (unpaired) electrons. The highest BCUT2D eigenvalue weighted by molar-refractivity contribution is 6.30. The zero-order valence-corrected chi connectivity index (χ0v) is 16.0. The zero-order valence-electron chi connectivity index (χ0n) is 15.3. The van der Waals surface area contributed by atoms with Gasteiger partial charge in [-0.25, -0.2) is 9.78 Å². The maximum Gasteiger partial charge on any atom is 0.416 e. The van der Waals surface area contributed by atoms with Gasteiger partial charge in [-0.1, -0.05) is 23.7 Å². The molecule has 0 bridgehead atoms. The monoisotopic (exact) mass is 434 g/mol. The fourth-order valence-electron chi connectivity index (χ4n) is 3.09. The molecule has 0 N–H and O–H groups in total. The number of rotatable bonds is 4. The van der Waals surface area contributed by atoms with Crippen LogP contribution in [0.4, 0.5) is 23.7 Å². The highest BCUT2D eigenvalue weighted by atomic mass is 35.5. The first-order valence-corrected chi connectivity index (χ1v) is 9.22. The number of cyclic esters (lactones) is 1. The molecule has 4 rings (SSSR count). The van der Waals surface area contributed by atoms with Crippen LogP contribution in [0, 0.1) is 0 Å². The van der Waals surface area contributed by atoms with Crippen molar-refractivity contribution in [3.05, 3.63) is 83.0 Å². The van der Waals surface area contributed by atoms with Gasteiger partial charge in [0.15, 0.2) is 0 Å². The molecular weight excluding hydrogens is 421 g/mol. The largest absolute Gasteiger partial charge is 0.447 e. The lowest BCUT2D eigenvalue weighted by Crippen LogP contribution is -2.27. The van der Waals surface area contributed by atoms with Crippen molar-refractivity contribution in [3.8, 4) is 11.6 Å². The van der Waals surface area contributed by atoms with Crippen LogP contribution in [0.3, 0.4) is 0 Å². The summed E-state index contributed by atoms with van der Waals surface area (Å²) in [7, 11) is 0. The first-order chi connectivity index (χ1) is 14.3. The van der Waals surface area contributed by atoms with Gasteiger partial charge in [-0.3, -0.25) is 4.90 Å². The van der Waals surface area contributed by atoms with E-state index in [1.165, 1.54) is 17.2 Å². The van der Waals surface area contributed by atoms with E-state index in [0.29, 0.717) is 27.9 Å². The minimum absolute atomic E-state index is 0.0485. The van der Waals surface area contributed by atoms with Crippen LogP contribution in [0.2, 0.25) is 5.02 Å². The first kappa shape index (κ1) is 20.0. The average Bonchev–Trinajstić information content (AvgIpc) is 3.11. The molecule has 1 fully saturated rings. The van der Waals surface area contributed by atoms with Gasteiger partial charge in [-0.2, -0.15) is 13.2 Å². The van der Waals surface area contributed by atoms with E-state index in [1.807, 2.05) is 0 Å². The van der Waals surface area contributed by atoms with Gasteiger partial charge in [0.1, 0.15) is 12.4 Å². The Balaban J connectivity index is 1.57. The number of halogens is 4. The zero-order chi connectivity index (χ0) is 21.3. The molecule has 1 aliphatic heterocycles. The summed E-state index contributed by atoms with van der Waals surface area (Å²) in [6, 6.07) is 13.9. The highest BCUT2D eigenvalue weighted by Gasteiger charge is 2.37. The third-order valence-electron chi connectivity index (χ3n) is 4.51. The van der Waals surface area contributed by atoms with E-state index in [9.17, 15) is 18.0 Å². The Morgan fingerprint density at radius 1 is 1.10 bits per heavy atom. The summed E-state index contributed by atoms with van der Waals surface area (Å²) in [4.78, 5) is 17.6. The number of carbonyl (C=O) groups is 1. The Bertz CT molecular complexity index is 1060. The minimum atomic E-state index is -4.47. The summed E-state index contributed by atoms with van der Waals surface area (Å²) in [6.45, 7) is -0.0485. The summed E-state index contributed by atoms with van der Waals surface area (Å²) in [5.41, 5.74) is 0.0243. The van der Waals surface area contributed by atoms with Gasteiger partial charge in [0, 0.05) is 18.0 Å². The molecular formula is C21H14ClF3N2O3. The summed E-state index contributed by atoms with van der Waals surface area (Å²) in [6.07, 6.45) is -3.66. The first-order valence-electron chi connectivity index (χ1n) is 8.84. The number of alkyl halides is 3. The third-order valence-corrected chi connectivity index (χ3v) is 4.73. The van der Waals surface area contributed by atoms with E-state index < -0.39 is 23.9 Å². The van der Waals surface area contributed by atoms with Crippen molar-refractivity contribution in [2.45, 2.75) is 12.2 Å². The summed E-state index contributed by atoms with van der Waals surface area (Å²) in [5.74, 6) is 0.811. The van der Waals surface area contributed by atoms with Crippen LogP contribution >= 0.6 is 11.6 Å². The molecule has 3 aromatic rings. The Hall–Kier alpha value is -3.26. The normalized spacial score (nSPS) is 16.5. The van der Waals surface area contributed by atoms with Crippen LogP contribution in [0.5, 0.6) is 11.6 Å². The minimum Gasteiger partial charge on any atom is -0.447 e. The lowest BCUT2D eigenvalue weighted by atomic mass is 10.0. The fourth-order valence-corrected chi connectivity index (χ4v) is 3.20. The van der Waals surface area contributed by atoms with Crippen molar-refractivity contribution in [3.63, 3.8) is 0 Å². The van der Waals surface area contributed by atoms with Crippen molar-refractivity contribution in [1.29, 1.82) is 0 Å². The van der Waals surface area contributed by atoms with Gasteiger partial charge in [-0.15, -0.1) is 0 Å². The molecule has 1 aromatic heterocycles. The van der Waals surface area contributed by atoms with Gasteiger partial charge in [0.05, 0.1) is 16.6 Å². The number of hydrogen-bond acceptors (Lipinski definition) is 4. The van der Waals surface area contributed by atoms with E-state index in [-0.39, 0.29) is 6.61 Å². The number of ether oxygens (including phenoxy) is 2. The van der Waals surface area contributed by atoms with Crippen LogP contribution in [0.1, 0.15) is 17.2 Å². The molecule has 30 heavy (non-hydrogen) atoms. The number of benzene rings is 2. The molecule has 1 amide bonds. The van der Waals surface area contributed by atoms with E-state index >= 15 is 0 Å². The Kier molecular flexibility index (Phi) is 5.26. The highest BCUT2D eigenvalue weighted by Crippen LogP contribution is 2.37. The smallest absolute Gasteiger partial charge is 0.416 e. The second-order valence-electron chi connectivity index (χ2n) is 6.50. The van der Waals surface area contributed by atoms with Gasteiger partial charge in [0.25, 0.3) is 0 Å². The molecule has 2 aromatic carbocycles. The number of hydrogen-bond donors (Lipinski definition) is 0. The predicted molar refractivity (Wildman–Crippen MR) is 104 cm³/mol. The van der Waals surface area contributed by atoms with Crippen LogP contribution in [0.25, 0.3) is 0 Å². The number of carbonyl (C=O) groups excluding carboxylic acids is 1. The molecule has 154 valence electrons. The number of pyridine rings is 1. The third kappa shape index (κ3) is 4.18. The van der Waals surface area contributed by atoms with Crippen molar-refractivity contribution >= 4 is 23.4 Å². The number of aromatic nitrogens is 1. The molecule has 1 atom stereocenters. The maximum absolute atomic E-state index is 13.1. The van der Waals surface area contributed by atoms with Crippen LogP contribution in [-0.4, -0.2) is 17.7 Å². The lowest BCUT2D eigenvalue weighted by Gasteiger charge is -2.22. The quantitative estimate of drug-likeness (QED) is 0.487. The molecule has 1 saturated heterocycles. The second kappa shape index (κ2) is 7.87. The second-order valence-corrected chi connectivity index (χ2v) is 6.93. The van der Waals surface area contributed by atoms with Crippen molar-refractivity contribution in [2.24, 2.45) is 0 Å². The van der Waals surface area contributed by atoms with Gasteiger partial charge in [-0.05, 0) is 48.0 Å². The SMILES string of the molecule is O=C1OCC(c2cccc(C(F)(F)F)c2)N1c1ccc(Oc2ccc(Cl)cn2)cc1. The summed E-state index contributed by atoms with van der Waals surface area (Å²) < 4.78 is 49.9. The molecule has 0 saturated carbocycles. The van der Waals surface area contributed by atoms with E-state index in [4.69, 9.17) is 21.1 Å². The van der Waals surface area contributed by atoms with Gasteiger partial charge >= 0.3 is 12.3 Å². The molecule has 0 aliphatic carbocycles. The van der Waals surface area contributed by atoms with Gasteiger partial charge in [0.2, 0.25) is 5.88 Å². The van der Waals surface area contributed by atoms with Crippen molar-refractivity contribution < 1.29 is 27.4 Å². The molecule has 2 heterocycles. The fraction of sp³-hybridized carbons (Fsp3) is 0.143. The number of amides is 1. The Morgan fingerprint density at radius 2 is 1.87 bits per heavy atom. The summed E-state index contributed by atoms with van der Waals surface area (Å²) in [5, 5.41) is 0.478. The van der Waals surface area contributed by atoms with Gasteiger partial charge < -0.3 is 9.47 Å². The van der Waals surface area contributed by atoms with Crippen LogP contribution in [-0.2, 0) is 10.9 Å². The molecule has 0 spiro atoms. The Labute approximate surface area is 174 Å². The van der Waals surface area contributed by atoms with Crippen LogP contribution < -0.4 is 9.64 Å². The molecule has 5 nitrogen and oxygen atoms in total. The average molecular weight is 435 g/mol. The van der Waals surface area contributed by atoms with Crippen molar-refractivity contribution in [1.82, 2.24) is 4.98 Å². The number of anilines is 1. The van der Waals surface area contributed by atoms with Crippen molar-refractivity contribution in [2.75, 3.05) is 11.5 Å². The molecule has 1 unspecified atom stereocenters. The topological polar surface area (TPSA) is 51.7 Å². The van der Waals surface area contributed by atoms with Crippen LogP contribution in [0.15, 0.2) is 66.9 Å². The van der Waals surface area contributed by atoms with E-state index in [2.05, 4.69) is 4.98 Å². The lowest BCUT2D eigenvalue weighted by molar-refractivity contribution is -0.137. The van der Waals surface area contributed by atoms with E-state index in [1.54, 1.807) is 42.5 Å². The standard InChI is InChI=1S/C21H14ClF3N2O3/c22-15-4-9-19(26-11-15)30-17-7-5-16(6-8-17)27-18(12-29-20(27)28)13-2-1-3-14(10-13)21(23,24)25/h1-11,18H,12H2. The van der Waals surface area contributed by atoms with E-state index in [0.717, 1.165) is 12.1 Å².